The molecule has 0 amide bonds. The Morgan fingerprint density at radius 1 is 0.885 bits per heavy atom. The zero-order valence-corrected chi connectivity index (χ0v) is 15.3. The smallest absolute Gasteiger partial charge is 0.0713 e. The third-order valence-corrected chi connectivity index (χ3v) is 5.05. The number of hydrogen-bond donors (Lipinski definition) is 0. The number of allylic oxidation sites excluding steroid dienone is 9. The summed E-state index contributed by atoms with van der Waals surface area (Å²) in [5, 5.41) is 0. The maximum absolute atomic E-state index is 4.16. The number of fused-ring (bicyclic) bond motifs is 1. The lowest BCUT2D eigenvalue weighted by Gasteiger charge is -2.35. The summed E-state index contributed by atoms with van der Waals surface area (Å²) < 4.78 is 0. The highest BCUT2D eigenvalue weighted by molar-refractivity contribution is 5.91. The minimum Gasteiger partial charge on any atom is -0.0987 e. The van der Waals surface area contributed by atoms with Crippen molar-refractivity contribution in [1.29, 1.82) is 0 Å². The molecule has 0 aliphatic heterocycles. The molecule has 1 atom stereocenters. The molecule has 1 aliphatic rings. The van der Waals surface area contributed by atoms with E-state index in [9.17, 15) is 0 Å². The largest absolute Gasteiger partial charge is 0.0987 e. The van der Waals surface area contributed by atoms with E-state index in [-0.39, 0.29) is 0 Å². The predicted octanol–water partition coefficient (Wildman–Crippen LogP) is 6.80. The fourth-order valence-electron chi connectivity index (χ4n) is 4.04. The van der Waals surface area contributed by atoms with Crippen LogP contribution in [0.5, 0.6) is 0 Å². The van der Waals surface area contributed by atoms with Crippen molar-refractivity contribution in [3.8, 4) is 0 Å². The van der Waals surface area contributed by atoms with Gasteiger partial charge < -0.3 is 0 Å². The van der Waals surface area contributed by atoms with Crippen molar-refractivity contribution in [3.05, 3.63) is 139 Å². The maximum atomic E-state index is 4.16. The van der Waals surface area contributed by atoms with Crippen molar-refractivity contribution < 1.29 is 0 Å². The molecule has 0 nitrogen and oxygen atoms in total. The standard InChI is InChI=1S/C26H24/c1-5-9-15-20(6-2)26(21-16-11-10-12-17-21)24(8-4)22(7-3)23-18-13-14-19-25(23)26/h5-19H,2-4H2,1H3/b9-5-,20-15+. The average Bonchev–Trinajstić information content (AvgIpc) is 2.99. The van der Waals surface area contributed by atoms with Gasteiger partial charge in [-0.25, -0.2) is 0 Å². The molecular formula is C26H24. The summed E-state index contributed by atoms with van der Waals surface area (Å²) in [5.41, 5.74) is 6.62. The first-order chi connectivity index (χ1) is 12.7. The van der Waals surface area contributed by atoms with E-state index in [0.29, 0.717) is 0 Å². The molecule has 128 valence electrons. The minimum absolute atomic E-state index is 0.440. The third kappa shape index (κ3) is 2.46. The minimum atomic E-state index is -0.440. The zero-order chi connectivity index (χ0) is 18.6. The number of benzene rings is 2. The zero-order valence-electron chi connectivity index (χ0n) is 15.3. The molecule has 1 unspecified atom stereocenters. The highest BCUT2D eigenvalue weighted by Crippen LogP contribution is 2.55. The summed E-state index contributed by atoms with van der Waals surface area (Å²) in [6.07, 6.45) is 12.1. The number of hydrogen-bond acceptors (Lipinski definition) is 0. The van der Waals surface area contributed by atoms with Crippen LogP contribution >= 0.6 is 0 Å². The fraction of sp³-hybridized carbons (Fsp3) is 0.0769. The second-order valence-electron chi connectivity index (χ2n) is 6.25. The summed E-state index contributed by atoms with van der Waals surface area (Å²) in [5.74, 6) is 0. The Hall–Kier alpha value is -3.12. The molecule has 0 aromatic heterocycles. The topological polar surface area (TPSA) is 0 Å². The Kier molecular flexibility index (Phi) is 5.04. The van der Waals surface area contributed by atoms with Crippen LogP contribution in [0.1, 0.15) is 23.6 Å². The molecular weight excluding hydrogens is 312 g/mol. The van der Waals surface area contributed by atoms with E-state index in [2.05, 4.69) is 80.4 Å². The molecule has 0 saturated carbocycles. The molecule has 3 rings (SSSR count). The highest BCUT2D eigenvalue weighted by atomic mass is 14.5. The van der Waals surface area contributed by atoms with Crippen LogP contribution in [0.4, 0.5) is 0 Å². The summed E-state index contributed by atoms with van der Waals surface area (Å²) in [4.78, 5) is 0. The van der Waals surface area contributed by atoms with Gasteiger partial charge in [-0.1, -0.05) is 111 Å². The molecule has 26 heavy (non-hydrogen) atoms. The van der Waals surface area contributed by atoms with Crippen molar-refractivity contribution in [3.63, 3.8) is 0 Å². The molecule has 0 N–H and O–H groups in total. The summed E-state index contributed by atoms with van der Waals surface area (Å²) >= 11 is 0. The fourth-order valence-corrected chi connectivity index (χ4v) is 4.04. The molecule has 0 spiro atoms. The van der Waals surface area contributed by atoms with Gasteiger partial charge in [0.1, 0.15) is 0 Å². The lowest BCUT2D eigenvalue weighted by molar-refractivity contribution is 0.761. The molecule has 0 heteroatoms. The quantitative estimate of drug-likeness (QED) is 0.509. The molecule has 2 aromatic rings. The van der Waals surface area contributed by atoms with Gasteiger partial charge in [0.15, 0.2) is 0 Å². The first-order valence-corrected chi connectivity index (χ1v) is 8.86. The van der Waals surface area contributed by atoms with Crippen LogP contribution in [0.15, 0.2) is 122 Å². The van der Waals surface area contributed by atoms with Gasteiger partial charge in [0.2, 0.25) is 0 Å². The summed E-state index contributed by atoms with van der Waals surface area (Å²) in [6.45, 7) is 14.4. The van der Waals surface area contributed by atoms with Gasteiger partial charge in [-0.3, -0.25) is 0 Å². The van der Waals surface area contributed by atoms with E-state index in [1.54, 1.807) is 0 Å². The molecule has 0 heterocycles. The van der Waals surface area contributed by atoms with Gasteiger partial charge in [0, 0.05) is 0 Å². The van der Waals surface area contributed by atoms with Gasteiger partial charge in [-0.2, -0.15) is 0 Å². The predicted molar refractivity (Wildman–Crippen MR) is 114 cm³/mol. The van der Waals surface area contributed by atoms with E-state index in [1.807, 2.05) is 37.3 Å². The molecule has 0 radical (unpaired) electrons. The van der Waals surface area contributed by atoms with Crippen molar-refractivity contribution in [2.24, 2.45) is 0 Å². The van der Waals surface area contributed by atoms with Crippen molar-refractivity contribution >= 4 is 5.57 Å². The average molecular weight is 336 g/mol. The van der Waals surface area contributed by atoms with Crippen molar-refractivity contribution in [2.45, 2.75) is 12.3 Å². The van der Waals surface area contributed by atoms with E-state index in [0.717, 1.165) is 16.7 Å². The molecule has 0 bridgehead atoms. The Balaban J connectivity index is 2.52. The molecule has 0 saturated heterocycles. The van der Waals surface area contributed by atoms with Gasteiger partial charge in [0.25, 0.3) is 0 Å². The van der Waals surface area contributed by atoms with E-state index in [4.69, 9.17) is 0 Å². The first kappa shape index (κ1) is 17.7. The lowest BCUT2D eigenvalue weighted by Crippen LogP contribution is -2.29. The van der Waals surface area contributed by atoms with Gasteiger partial charge in [0.05, 0.1) is 5.41 Å². The monoisotopic (exact) mass is 336 g/mol. The van der Waals surface area contributed by atoms with E-state index < -0.39 is 5.41 Å². The Labute approximate surface area is 156 Å². The lowest BCUT2D eigenvalue weighted by atomic mass is 9.66. The van der Waals surface area contributed by atoms with Crippen molar-refractivity contribution in [2.75, 3.05) is 0 Å². The van der Waals surface area contributed by atoms with Crippen LogP contribution in [0.25, 0.3) is 5.57 Å². The summed E-state index contributed by atoms with van der Waals surface area (Å²) in [6, 6.07) is 19.1. The van der Waals surface area contributed by atoms with Crippen LogP contribution in [0.3, 0.4) is 0 Å². The van der Waals surface area contributed by atoms with Gasteiger partial charge in [-0.05, 0) is 40.3 Å². The van der Waals surface area contributed by atoms with Crippen LogP contribution < -0.4 is 0 Å². The van der Waals surface area contributed by atoms with Gasteiger partial charge in [-0.15, -0.1) is 0 Å². The second-order valence-corrected chi connectivity index (χ2v) is 6.25. The van der Waals surface area contributed by atoms with Gasteiger partial charge >= 0.3 is 0 Å². The third-order valence-electron chi connectivity index (χ3n) is 5.05. The maximum Gasteiger partial charge on any atom is 0.0713 e. The number of rotatable bonds is 6. The second kappa shape index (κ2) is 7.41. The van der Waals surface area contributed by atoms with E-state index in [1.165, 1.54) is 16.7 Å². The van der Waals surface area contributed by atoms with Crippen LogP contribution in [-0.2, 0) is 5.41 Å². The first-order valence-electron chi connectivity index (χ1n) is 8.86. The van der Waals surface area contributed by atoms with Crippen LogP contribution in [0.2, 0.25) is 0 Å². The molecule has 0 fully saturated rings. The SMILES string of the molecule is C=CC1=C(C=C)C(/C(C=C)=C/C=C\C)(c2ccccc2)c2ccccc21. The molecule has 1 aliphatic carbocycles. The van der Waals surface area contributed by atoms with Crippen LogP contribution in [0, 0.1) is 0 Å². The highest BCUT2D eigenvalue weighted by Gasteiger charge is 2.46. The van der Waals surface area contributed by atoms with Crippen LogP contribution in [-0.4, -0.2) is 0 Å². The van der Waals surface area contributed by atoms with Crippen molar-refractivity contribution in [1.82, 2.24) is 0 Å². The Morgan fingerprint density at radius 3 is 2.19 bits per heavy atom. The summed E-state index contributed by atoms with van der Waals surface area (Å²) in [7, 11) is 0. The Bertz CT molecular complexity index is 935. The normalized spacial score (nSPS) is 19.5. The molecule has 2 aromatic carbocycles. The Morgan fingerprint density at radius 2 is 1.58 bits per heavy atom. The van der Waals surface area contributed by atoms with E-state index >= 15 is 0 Å².